The fraction of sp³-hybridized carbons (Fsp3) is 0.643. The van der Waals surface area contributed by atoms with Gasteiger partial charge in [0.05, 0.1) is 11.5 Å². The maximum atomic E-state index is 12.6. The van der Waals surface area contributed by atoms with Gasteiger partial charge in [0.15, 0.2) is 0 Å². The minimum Gasteiger partial charge on any atom is -0.380 e. The molecule has 0 saturated carbocycles. The number of nitrogens with one attached hydrogen (secondary N) is 1. The third-order valence-electron chi connectivity index (χ3n) is 2.97. The smallest absolute Gasteiger partial charge is 0.243 e. The van der Waals surface area contributed by atoms with Gasteiger partial charge in [0.2, 0.25) is 10.0 Å². The van der Waals surface area contributed by atoms with Crippen molar-refractivity contribution in [1.29, 1.82) is 0 Å². The summed E-state index contributed by atoms with van der Waals surface area (Å²) in [5, 5.41) is 3.10. The summed E-state index contributed by atoms with van der Waals surface area (Å²) in [4.78, 5) is 4.39. The maximum absolute atomic E-state index is 12.6. The Morgan fingerprint density at radius 3 is 2.71 bits per heavy atom. The number of pyridine rings is 1. The van der Waals surface area contributed by atoms with Gasteiger partial charge in [-0.1, -0.05) is 13.8 Å². The van der Waals surface area contributed by atoms with E-state index in [2.05, 4.69) is 10.3 Å². The Hall–Kier alpha value is -1.18. The number of likely N-dealkylation sites (N-methyl/N-ethyl adjacent to an activating group) is 1. The molecule has 0 aliphatic rings. The second kappa shape index (κ2) is 8.96. The summed E-state index contributed by atoms with van der Waals surface area (Å²) in [5.41, 5.74) is 0. The number of ether oxygens (including phenoxy) is 1. The van der Waals surface area contributed by atoms with Crippen molar-refractivity contribution >= 4 is 15.8 Å². The van der Waals surface area contributed by atoms with Crippen molar-refractivity contribution in [1.82, 2.24) is 9.29 Å². The molecule has 0 unspecified atom stereocenters. The number of anilines is 1. The van der Waals surface area contributed by atoms with Gasteiger partial charge in [-0.2, -0.15) is 4.31 Å². The van der Waals surface area contributed by atoms with E-state index in [4.69, 9.17) is 4.74 Å². The maximum Gasteiger partial charge on any atom is 0.243 e. The van der Waals surface area contributed by atoms with Crippen molar-refractivity contribution in [2.75, 3.05) is 38.2 Å². The Balaban J connectivity index is 2.88. The predicted octanol–water partition coefficient (Wildman–Crippen LogP) is 1.95. The number of hydrogen-bond acceptors (Lipinski definition) is 5. The quantitative estimate of drug-likeness (QED) is 0.668. The number of aromatic nitrogens is 1. The first-order valence-electron chi connectivity index (χ1n) is 7.34. The third-order valence-corrected chi connectivity index (χ3v) is 4.94. The number of nitrogens with zero attached hydrogens (tertiary/aromatic N) is 2. The zero-order valence-electron chi connectivity index (χ0n) is 13.0. The van der Waals surface area contributed by atoms with E-state index < -0.39 is 10.0 Å². The van der Waals surface area contributed by atoms with E-state index in [1.54, 1.807) is 6.07 Å². The van der Waals surface area contributed by atoms with Crippen molar-refractivity contribution in [3.8, 4) is 0 Å². The Kier molecular flexibility index (Phi) is 7.63. The first-order chi connectivity index (χ1) is 10.1. The van der Waals surface area contributed by atoms with Gasteiger partial charge < -0.3 is 10.1 Å². The van der Waals surface area contributed by atoms with E-state index in [1.165, 1.54) is 16.6 Å². The molecule has 6 nitrogen and oxygen atoms in total. The molecule has 0 amide bonds. The van der Waals surface area contributed by atoms with E-state index in [1.807, 2.05) is 20.8 Å². The summed E-state index contributed by atoms with van der Waals surface area (Å²) >= 11 is 0. The highest BCUT2D eigenvalue weighted by atomic mass is 32.2. The van der Waals surface area contributed by atoms with Crippen LogP contribution >= 0.6 is 0 Å². The van der Waals surface area contributed by atoms with Crippen molar-refractivity contribution in [2.24, 2.45) is 0 Å². The van der Waals surface area contributed by atoms with Gasteiger partial charge in [-0.05, 0) is 19.4 Å². The van der Waals surface area contributed by atoms with Gasteiger partial charge in [0.25, 0.3) is 0 Å². The molecule has 0 bridgehead atoms. The lowest BCUT2D eigenvalue weighted by atomic mass is 10.4. The van der Waals surface area contributed by atoms with E-state index in [0.29, 0.717) is 32.1 Å². The van der Waals surface area contributed by atoms with Gasteiger partial charge >= 0.3 is 0 Å². The zero-order valence-corrected chi connectivity index (χ0v) is 13.8. The van der Waals surface area contributed by atoms with Crippen LogP contribution in [-0.2, 0) is 14.8 Å². The van der Waals surface area contributed by atoms with Crippen LogP contribution < -0.4 is 5.32 Å². The molecule has 1 rings (SSSR count). The lowest BCUT2D eigenvalue weighted by molar-refractivity contribution is 0.135. The van der Waals surface area contributed by atoms with Crippen LogP contribution in [0.4, 0.5) is 5.82 Å². The predicted molar refractivity (Wildman–Crippen MR) is 83.9 cm³/mol. The molecule has 21 heavy (non-hydrogen) atoms. The molecule has 0 fully saturated rings. The summed E-state index contributed by atoms with van der Waals surface area (Å²) in [6.07, 6.45) is 2.47. The zero-order chi connectivity index (χ0) is 15.7. The van der Waals surface area contributed by atoms with Gasteiger partial charge in [-0.15, -0.1) is 0 Å². The number of hydrogen-bond donors (Lipinski definition) is 1. The van der Waals surface area contributed by atoms with E-state index in [0.717, 1.165) is 13.0 Å². The molecule has 0 aliphatic carbocycles. The summed E-state index contributed by atoms with van der Waals surface area (Å²) in [6.45, 7) is 8.26. The lowest BCUT2D eigenvalue weighted by Crippen LogP contribution is -2.34. The molecule has 7 heteroatoms. The normalized spacial score (nSPS) is 11.8. The lowest BCUT2D eigenvalue weighted by Gasteiger charge is -2.20. The average Bonchev–Trinajstić information content (AvgIpc) is 2.49. The molecule has 0 aliphatic heterocycles. The van der Waals surface area contributed by atoms with Crippen molar-refractivity contribution in [3.05, 3.63) is 18.3 Å². The van der Waals surface area contributed by atoms with Crippen LogP contribution in [0.5, 0.6) is 0 Å². The number of rotatable bonds is 10. The molecule has 1 aromatic heterocycles. The summed E-state index contributed by atoms with van der Waals surface area (Å²) < 4.78 is 31.9. The molecule has 0 spiro atoms. The second-order valence-corrected chi connectivity index (χ2v) is 6.44. The van der Waals surface area contributed by atoms with Gasteiger partial charge in [0, 0.05) is 38.5 Å². The molecule has 1 aromatic rings. The van der Waals surface area contributed by atoms with Crippen molar-refractivity contribution in [3.63, 3.8) is 0 Å². The molecule has 120 valence electrons. The highest BCUT2D eigenvalue weighted by Gasteiger charge is 2.23. The monoisotopic (exact) mass is 315 g/mol. The van der Waals surface area contributed by atoms with Gasteiger partial charge in [0.1, 0.15) is 5.82 Å². The molecular weight excluding hydrogens is 290 g/mol. The fourth-order valence-electron chi connectivity index (χ4n) is 1.83. The van der Waals surface area contributed by atoms with Crippen LogP contribution in [0.1, 0.15) is 27.2 Å². The minimum absolute atomic E-state index is 0.259. The van der Waals surface area contributed by atoms with Crippen LogP contribution in [0.2, 0.25) is 0 Å². The highest BCUT2D eigenvalue weighted by molar-refractivity contribution is 7.89. The molecular formula is C14H25N3O3S. The third kappa shape index (κ3) is 5.26. The molecule has 0 radical (unpaired) electrons. The summed E-state index contributed by atoms with van der Waals surface area (Å²) in [5.74, 6) is 0.582. The van der Waals surface area contributed by atoms with Crippen LogP contribution in [0.25, 0.3) is 0 Å². The molecule has 0 atom stereocenters. The summed E-state index contributed by atoms with van der Waals surface area (Å²) in [6, 6.07) is 3.10. The first-order valence-corrected chi connectivity index (χ1v) is 8.78. The second-order valence-electron chi connectivity index (χ2n) is 4.50. The Labute approximate surface area is 127 Å². The molecule has 0 saturated heterocycles. The standard InChI is InChI=1S/C14H25N3O3S/c1-4-8-15-14-12-13(7-9-16-14)21(18,19)17(5-2)10-11-20-6-3/h7,9,12H,4-6,8,10-11H2,1-3H3,(H,15,16). The van der Waals surface area contributed by atoms with Crippen LogP contribution in [-0.4, -0.2) is 50.6 Å². The molecule has 1 heterocycles. The Bertz CT molecular complexity index is 520. The van der Waals surface area contributed by atoms with Crippen LogP contribution in [0.3, 0.4) is 0 Å². The number of sulfonamides is 1. The first kappa shape index (κ1) is 17.9. The molecule has 1 N–H and O–H groups in total. The van der Waals surface area contributed by atoms with Gasteiger partial charge in [-0.3, -0.25) is 0 Å². The summed E-state index contributed by atoms with van der Waals surface area (Å²) in [7, 11) is -3.51. The minimum atomic E-state index is -3.51. The van der Waals surface area contributed by atoms with Crippen molar-refractivity contribution in [2.45, 2.75) is 32.1 Å². The topological polar surface area (TPSA) is 71.5 Å². The Morgan fingerprint density at radius 1 is 1.33 bits per heavy atom. The highest BCUT2D eigenvalue weighted by Crippen LogP contribution is 2.17. The average molecular weight is 315 g/mol. The SMILES string of the molecule is CCCNc1cc(S(=O)(=O)N(CC)CCOCC)ccn1. The van der Waals surface area contributed by atoms with E-state index in [9.17, 15) is 8.42 Å². The van der Waals surface area contributed by atoms with E-state index in [-0.39, 0.29) is 4.90 Å². The van der Waals surface area contributed by atoms with E-state index >= 15 is 0 Å². The Morgan fingerprint density at radius 2 is 2.10 bits per heavy atom. The van der Waals surface area contributed by atoms with Crippen LogP contribution in [0, 0.1) is 0 Å². The fourth-order valence-corrected chi connectivity index (χ4v) is 3.28. The van der Waals surface area contributed by atoms with Gasteiger partial charge in [-0.25, -0.2) is 13.4 Å². The molecule has 0 aromatic carbocycles. The largest absolute Gasteiger partial charge is 0.380 e. The van der Waals surface area contributed by atoms with Crippen molar-refractivity contribution < 1.29 is 13.2 Å². The van der Waals surface area contributed by atoms with Crippen LogP contribution in [0.15, 0.2) is 23.2 Å².